The van der Waals surface area contributed by atoms with Crippen molar-refractivity contribution in [2.45, 2.75) is 19.4 Å². The van der Waals surface area contributed by atoms with Gasteiger partial charge in [0.25, 0.3) is 0 Å². The van der Waals surface area contributed by atoms with Gasteiger partial charge in [-0.3, -0.25) is 4.98 Å². The zero-order valence-electron chi connectivity index (χ0n) is 9.27. The van der Waals surface area contributed by atoms with Crippen LogP contribution in [-0.2, 0) is 0 Å². The highest BCUT2D eigenvalue weighted by molar-refractivity contribution is 5.96. The maximum Gasteiger partial charge on any atom is 0.0939 e. The molecule has 1 aliphatic heterocycles. The van der Waals surface area contributed by atoms with E-state index in [0.29, 0.717) is 6.04 Å². The van der Waals surface area contributed by atoms with E-state index in [1.54, 1.807) is 0 Å². The molecule has 16 heavy (non-hydrogen) atoms. The maximum atomic E-state index is 4.47. The lowest BCUT2D eigenvalue weighted by atomic mass is 10.0. The van der Waals surface area contributed by atoms with Crippen LogP contribution in [0, 0.1) is 0 Å². The second-order valence-corrected chi connectivity index (χ2v) is 4.12. The van der Waals surface area contributed by atoms with Gasteiger partial charge in [0.15, 0.2) is 0 Å². The summed E-state index contributed by atoms with van der Waals surface area (Å²) in [5.74, 6) is 0. The van der Waals surface area contributed by atoms with Gasteiger partial charge in [0.05, 0.1) is 11.2 Å². The van der Waals surface area contributed by atoms with Crippen molar-refractivity contribution in [1.29, 1.82) is 0 Å². The van der Waals surface area contributed by atoms with Crippen LogP contribution in [0.3, 0.4) is 0 Å². The number of benzene rings is 1. The van der Waals surface area contributed by atoms with Crippen molar-refractivity contribution in [2.75, 3.05) is 5.32 Å². The number of hydrogen-bond donors (Lipinski definition) is 1. The highest BCUT2D eigenvalue weighted by Gasteiger charge is 2.13. The maximum absolute atomic E-state index is 4.47. The van der Waals surface area contributed by atoms with Crippen molar-refractivity contribution in [1.82, 2.24) is 4.98 Å². The minimum absolute atomic E-state index is 0.431. The molecule has 2 heterocycles. The van der Waals surface area contributed by atoms with Crippen molar-refractivity contribution in [2.24, 2.45) is 0 Å². The van der Waals surface area contributed by atoms with E-state index >= 15 is 0 Å². The molecule has 3 rings (SSSR count). The molecule has 0 saturated carbocycles. The predicted octanol–water partition coefficient (Wildman–Crippen LogP) is 3.45. The first-order chi connectivity index (χ1) is 7.88. The third-order valence-electron chi connectivity index (χ3n) is 3.08. The summed E-state index contributed by atoms with van der Waals surface area (Å²) < 4.78 is 0. The molecule has 1 unspecified atom stereocenters. The molecule has 0 spiro atoms. The lowest BCUT2D eigenvalue weighted by Gasteiger charge is -2.22. The highest BCUT2D eigenvalue weighted by Crippen LogP contribution is 2.30. The summed E-state index contributed by atoms with van der Waals surface area (Å²) in [5.41, 5.74) is 3.48. The van der Waals surface area contributed by atoms with Gasteiger partial charge in [-0.2, -0.15) is 0 Å². The first kappa shape index (κ1) is 9.40. The predicted molar refractivity (Wildman–Crippen MR) is 68.5 cm³/mol. The zero-order chi connectivity index (χ0) is 11.0. The van der Waals surface area contributed by atoms with E-state index in [9.17, 15) is 0 Å². The summed E-state index contributed by atoms with van der Waals surface area (Å²) in [6, 6.07) is 8.78. The standard InChI is InChI=1S/C14H14N2/c1-2-12-8-7-11-6-5-10-4-3-9-15-13(10)14(11)16-12/h3-9,12,16H,2H2,1H3. The molecule has 0 aliphatic carbocycles. The van der Waals surface area contributed by atoms with E-state index < -0.39 is 0 Å². The average molecular weight is 210 g/mol. The summed E-state index contributed by atoms with van der Waals surface area (Å²) in [7, 11) is 0. The Bertz CT molecular complexity index is 558. The van der Waals surface area contributed by atoms with Crippen LogP contribution < -0.4 is 5.32 Å². The Kier molecular flexibility index (Phi) is 2.13. The van der Waals surface area contributed by atoms with E-state index in [0.717, 1.165) is 11.9 Å². The number of nitrogens with one attached hydrogen (secondary N) is 1. The minimum Gasteiger partial charge on any atom is -0.377 e. The molecule has 0 bridgehead atoms. The van der Waals surface area contributed by atoms with Crippen LogP contribution in [0.1, 0.15) is 18.9 Å². The molecule has 0 saturated heterocycles. The lowest BCUT2D eigenvalue weighted by Crippen LogP contribution is -2.19. The van der Waals surface area contributed by atoms with Gasteiger partial charge in [-0.1, -0.05) is 37.3 Å². The molecule has 1 aliphatic rings. The normalized spacial score (nSPS) is 18.2. The molecule has 2 aromatic rings. The smallest absolute Gasteiger partial charge is 0.0939 e. The molecule has 2 heteroatoms. The second-order valence-electron chi connectivity index (χ2n) is 4.12. The molecular weight excluding hydrogens is 196 g/mol. The Balaban J connectivity index is 2.23. The summed E-state index contributed by atoms with van der Waals surface area (Å²) in [6.45, 7) is 2.19. The second kappa shape index (κ2) is 3.63. The molecule has 0 amide bonds. The quantitative estimate of drug-likeness (QED) is 0.779. The van der Waals surface area contributed by atoms with E-state index in [-0.39, 0.29) is 0 Å². The fourth-order valence-corrected chi connectivity index (χ4v) is 2.14. The van der Waals surface area contributed by atoms with Crippen LogP contribution in [0.2, 0.25) is 0 Å². The molecule has 1 aromatic heterocycles. The van der Waals surface area contributed by atoms with Crippen LogP contribution in [0.15, 0.2) is 36.5 Å². The van der Waals surface area contributed by atoms with Gasteiger partial charge < -0.3 is 5.32 Å². The van der Waals surface area contributed by atoms with E-state index in [4.69, 9.17) is 0 Å². The SMILES string of the molecule is CCC1C=Cc2ccc3cccnc3c2N1. The fourth-order valence-electron chi connectivity index (χ4n) is 2.14. The van der Waals surface area contributed by atoms with Crippen LogP contribution in [0.5, 0.6) is 0 Å². The third-order valence-corrected chi connectivity index (χ3v) is 3.08. The van der Waals surface area contributed by atoms with Crippen molar-refractivity contribution >= 4 is 22.7 Å². The summed E-state index contributed by atoms with van der Waals surface area (Å²) in [6.07, 6.45) is 7.36. The van der Waals surface area contributed by atoms with E-state index in [1.807, 2.05) is 12.3 Å². The number of pyridine rings is 1. The third kappa shape index (κ3) is 1.38. The zero-order valence-corrected chi connectivity index (χ0v) is 9.27. The first-order valence-corrected chi connectivity index (χ1v) is 5.71. The minimum atomic E-state index is 0.431. The fraction of sp³-hybridized carbons (Fsp3) is 0.214. The summed E-state index contributed by atoms with van der Waals surface area (Å²) >= 11 is 0. The topological polar surface area (TPSA) is 24.9 Å². The van der Waals surface area contributed by atoms with Crippen molar-refractivity contribution in [3.05, 3.63) is 42.1 Å². The van der Waals surface area contributed by atoms with Crippen LogP contribution in [-0.4, -0.2) is 11.0 Å². The Hall–Kier alpha value is -1.83. The van der Waals surface area contributed by atoms with Gasteiger partial charge in [-0.15, -0.1) is 0 Å². The molecule has 1 aromatic carbocycles. The Labute approximate surface area is 95.0 Å². The molecule has 1 N–H and O–H groups in total. The first-order valence-electron chi connectivity index (χ1n) is 5.71. The Morgan fingerprint density at radius 2 is 2.25 bits per heavy atom. The van der Waals surface area contributed by atoms with Gasteiger partial charge in [0.2, 0.25) is 0 Å². The Morgan fingerprint density at radius 1 is 1.31 bits per heavy atom. The Morgan fingerprint density at radius 3 is 3.12 bits per heavy atom. The van der Waals surface area contributed by atoms with Crippen molar-refractivity contribution in [3.8, 4) is 0 Å². The molecule has 2 nitrogen and oxygen atoms in total. The number of rotatable bonds is 1. The summed E-state index contributed by atoms with van der Waals surface area (Å²) in [4.78, 5) is 4.47. The van der Waals surface area contributed by atoms with E-state index in [2.05, 4.69) is 47.6 Å². The lowest BCUT2D eigenvalue weighted by molar-refractivity contribution is 0.832. The average Bonchev–Trinajstić information content (AvgIpc) is 2.38. The number of fused-ring (bicyclic) bond motifs is 3. The van der Waals surface area contributed by atoms with Crippen LogP contribution in [0.4, 0.5) is 5.69 Å². The van der Waals surface area contributed by atoms with Crippen molar-refractivity contribution in [3.63, 3.8) is 0 Å². The van der Waals surface area contributed by atoms with Gasteiger partial charge in [-0.05, 0) is 18.1 Å². The number of hydrogen-bond acceptors (Lipinski definition) is 2. The molecule has 80 valence electrons. The van der Waals surface area contributed by atoms with Gasteiger partial charge in [-0.25, -0.2) is 0 Å². The number of aromatic nitrogens is 1. The monoisotopic (exact) mass is 210 g/mol. The summed E-state index contributed by atoms with van der Waals surface area (Å²) in [5, 5.41) is 4.73. The molecule has 0 fully saturated rings. The van der Waals surface area contributed by atoms with E-state index in [1.165, 1.54) is 16.6 Å². The van der Waals surface area contributed by atoms with Gasteiger partial charge in [0.1, 0.15) is 0 Å². The molecule has 1 atom stereocenters. The number of anilines is 1. The largest absolute Gasteiger partial charge is 0.377 e. The number of nitrogens with zero attached hydrogens (tertiary/aromatic N) is 1. The van der Waals surface area contributed by atoms with Gasteiger partial charge >= 0.3 is 0 Å². The highest BCUT2D eigenvalue weighted by atomic mass is 14.9. The van der Waals surface area contributed by atoms with Crippen LogP contribution in [0.25, 0.3) is 17.0 Å². The van der Waals surface area contributed by atoms with Crippen molar-refractivity contribution < 1.29 is 0 Å². The van der Waals surface area contributed by atoms with Crippen LogP contribution >= 0.6 is 0 Å². The molecular formula is C14H14N2. The molecule has 0 radical (unpaired) electrons. The van der Waals surface area contributed by atoms with Gasteiger partial charge in [0, 0.05) is 17.6 Å².